The van der Waals surface area contributed by atoms with Gasteiger partial charge in [-0.2, -0.15) is 0 Å². The molecule has 1 amide bonds. The SMILES string of the molecule is Cc1cc(NC(=O)Cn2ccnn2)c(C)cc1O. The molecule has 2 N–H and O–H groups in total. The Hall–Kier alpha value is -2.37. The number of hydrogen-bond donors (Lipinski definition) is 2. The second-order valence-corrected chi connectivity index (χ2v) is 4.10. The Morgan fingerprint density at radius 3 is 2.83 bits per heavy atom. The lowest BCUT2D eigenvalue weighted by Crippen LogP contribution is -2.19. The van der Waals surface area contributed by atoms with Crippen LogP contribution in [0.3, 0.4) is 0 Å². The van der Waals surface area contributed by atoms with Gasteiger partial charge >= 0.3 is 0 Å². The summed E-state index contributed by atoms with van der Waals surface area (Å²) >= 11 is 0. The first kappa shape index (κ1) is 12.1. The van der Waals surface area contributed by atoms with Crippen LogP contribution in [0.2, 0.25) is 0 Å². The van der Waals surface area contributed by atoms with Crippen LogP contribution in [-0.4, -0.2) is 26.0 Å². The summed E-state index contributed by atoms with van der Waals surface area (Å²) in [6.45, 7) is 3.71. The third-order valence-corrected chi connectivity index (χ3v) is 2.59. The number of nitrogens with one attached hydrogen (secondary N) is 1. The first-order valence-corrected chi connectivity index (χ1v) is 5.50. The lowest BCUT2D eigenvalue weighted by Gasteiger charge is -2.10. The summed E-state index contributed by atoms with van der Waals surface area (Å²) in [5.74, 6) is 0.0375. The number of benzene rings is 1. The van der Waals surface area contributed by atoms with Gasteiger partial charge in [-0.25, -0.2) is 4.68 Å². The molecular formula is C12H14N4O2. The van der Waals surface area contributed by atoms with Gasteiger partial charge < -0.3 is 10.4 Å². The highest BCUT2D eigenvalue weighted by atomic mass is 16.3. The largest absolute Gasteiger partial charge is 0.508 e. The molecule has 1 aromatic heterocycles. The predicted octanol–water partition coefficient (Wildman–Crippen LogP) is 1.24. The van der Waals surface area contributed by atoms with Gasteiger partial charge in [0.05, 0.1) is 6.20 Å². The maximum absolute atomic E-state index is 11.8. The van der Waals surface area contributed by atoms with E-state index in [1.165, 1.54) is 10.9 Å². The van der Waals surface area contributed by atoms with Gasteiger partial charge in [0, 0.05) is 11.9 Å². The maximum Gasteiger partial charge on any atom is 0.246 e. The van der Waals surface area contributed by atoms with Crippen molar-refractivity contribution in [2.24, 2.45) is 0 Å². The van der Waals surface area contributed by atoms with Crippen LogP contribution in [0.15, 0.2) is 24.5 Å². The highest BCUT2D eigenvalue weighted by Gasteiger charge is 2.08. The second-order valence-electron chi connectivity index (χ2n) is 4.10. The number of amides is 1. The third kappa shape index (κ3) is 2.65. The van der Waals surface area contributed by atoms with Crippen molar-refractivity contribution in [1.29, 1.82) is 0 Å². The number of hydrogen-bond acceptors (Lipinski definition) is 4. The number of aromatic nitrogens is 3. The minimum Gasteiger partial charge on any atom is -0.508 e. The van der Waals surface area contributed by atoms with Gasteiger partial charge in [0.2, 0.25) is 5.91 Å². The van der Waals surface area contributed by atoms with Gasteiger partial charge in [0.25, 0.3) is 0 Å². The molecule has 2 rings (SSSR count). The van der Waals surface area contributed by atoms with Crippen molar-refractivity contribution in [1.82, 2.24) is 15.0 Å². The summed E-state index contributed by atoms with van der Waals surface area (Å²) in [5, 5.41) is 19.7. The topological polar surface area (TPSA) is 80.0 Å². The third-order valence-electron chi connectivity index (χ3n) is 2.59. The summed E-state index contributed by atoms with van der Waals surface area (Å²) in [6, 6.07) is 3.37. The summed E-state index contributed by atoms with van der Waals surface area (Å²) < 4.78 is 1.44. The zero-order valence-corrected chi connectivity index (χ0v) is 10.2. The Bertz CT molecular complexity index is 564. The highest BCUT2D eigenvalue weighted by molar-refractivity contribution is 5.91. The van der Waals surface area contributed by atoms with Gasteiger partial charge in [-0.1, -0.05) is 5.21 Å². The van der Waals surface area contributed by atoms with E-state index in [-0.39, 0.29) is 18.2 Å². The van der Waals surface area contributed by atoms with Crippen LogP contribution < -0.4 is 5.32 Å². The number of carbonyl (C=O) groups excluding carboxylic acids is 1. The molecule has 0 fully saturated rings. The number of phenolic OH excluding ortho intramolecular Hbond substituents is 1. The number of anilines is 1. The Kier molecular flexibility index (Phi) is 3.27. The summed E-state index contributed by atoms with van der Waals surface area (Å²) in [5.41, 5.74) is 2.22. The molecule has 0 aliphatic heterocycles. The second kappa shape index (κ2) is 4.87. The molecule has 0 spiro atoms. The highest BCUT2D eigenvalue weighted by Crippen LogP contribution is 2.24. The zero-order chi connectivity index (χ0) is 13.1. The molecule has 18 heavy (non-hydrogen) atoms. The number of carbonyl (C=O) groups is 1. The predicted molar refractivity (Wildman–Crippen MR) is 66.2 cm³/mol. The molecule has 6 heteroatoms. The Balaban J connectivity index is 2.09. The Morgan fingerprint density at radius 2 is 2.17 bits per heavy atom. The van der Waals surface area contributed by atoms with Crippen molar-refractivity contribution >= 4 is 11.6 Å². The molecule has 0 radical (unpaired) electrons. The summed E-state index contributed by atoms with van der Waals surface area (Å²) in [4.78, 5) is 11.8. The van der Waals surface area contributed by atoms with Crippen LogP contribution in [0.1, 0.15) is 11.1 Å². The summed E-state index contributed by atoms with van der Waals surface area (Å²) in [7, 11) is 0. The maximum atomic E-state index is 11.8. The summed E-state index contributed by atoms with van der Waals surface area (Å²) in [6.07, 6.45) is 3.14. The molecule has 0 bridgehead atoms. The van der Waals surface area contributed by atoms with Crippen LogP contribution in [0.4, 0.5) is 5.69 Å². The van der Waals surface area contributed by atoms with E-state index >= 15 is 0 Å². The Labute approximate surface area is 104 Å². The van der Waals surface area contributed by atoms with E-state index in [9.17, 15) is 9.90 Å². The molecule has 0 aliphatic rings. The lowest BCUT2D eigenvalue weighted by atomic mass is 10.1. The van der Waals surface area contributed by atoms with E-state index in [4.69, 9.17) is 0 Å². The normalized spacial score (nSPS) is 10.3. The van der Waals surface area contributed by atoms with Crippen LogP contribution in [0.5, 0.6) is 5.75 Å². The van der Waals surface area contributed by atoms with Crippen molar-refractivity contribution in [2.75, 3.05) is 5.32 Å². The molecule has 2 aromatic rings. The first-order chi connectivity index (χ1) is 8.56. The van der Waals surface area contributed by atoms with E-state index < -0.39 is 0 Å². The van der Waals surface area contributed by atoms with Gasteiger partial charge in [-0.15, -0.1) is 5.10 Å². The van der Waals surface area contributed by atoms with Crippen LogP contribution in [-0.2, 0) is 11.3 Å². The molecule has 0 unspecified atom stereocenters. The molecule has 94 valence electrons. The number of aryl methyl sites for hydroxylation is 2. The van der Waals surface area contributed by atoms with E-state index in [0.29, 0.717) is 5.69 Å². The average Bonchev–Trinajstić information content (AvgIpc) is 2.78. The van der Waals surface area contributed by atoms with E-state index in [0.717, 1.165) is 11.1 Å². The quantitative estimate of drug-likeness (QED) is 0.798. The Morgan fingerprint density at radius 1 is 1.39 bits per heavy atom. The van der Waals surface area contributed by atoms with E-state index in [2.05, 4.69) is 15.6 Å². The molecule has 1 heterocycles. The van der Waals surface area contributed by atoms with Crippen molar-refractivity contribution in [3.8, 4) is 5.75 Å². The van der Waals surface area contributed by atoms with E-state index in [1.807, 2.05) is 6.92 Å². The fourth-order valence-corrected chi connectivity index (χ4v) is 1.59. The molecule has 0 saturated heterocycles. The smallest absolute Gasteiger partial charge is 0.246 e. The minimum absolute atomic E-state index is 0.110. The van der Waals surface area contributed by atoms with Crippen molar-refractivity contribution < 1.29 is 9.90 Å². The van der Waals surface area contributed by atoms with Crippen molar-refractivity contribution in [3.63, 3.8) is 0 Å². The fourth-order valence-electron chi connectivity index (χ4n) is 1.59. The van der Waals surface area contributed by atoms with Crippen LogP contribution >= 0.6 is 0 Å². The first-order valence-electron chi connectivity index (χ1n) is 5.50. The van der Waals surface area contributed by atoms with Gasteiger partial charge in [0.1, 0.15) is 12.3 Å². The van der Waals surface area contributed by atoms with Crippen molar-refractivity contribution in [2.45, 2.75) is 20.4 Å². The monoisotopic (exact) mass is 246 g/mol. The van der Waals surface area contributed by atoms with Gasteiger partial charge in [-0.3, -0.25) is 4.79 Å². The number of rotatable bonds is 3. The lowest BCUT2D eigenvalue weighted by molar-refractivity contribution is -0.116. The van der Waals surface area contributed by atoms with Gasteiger partial charge in [0.15, 0.2) is 0 Å². The van der Waals surface area contributed by atoms with E-state index in [1.54, 1.807) is 25.3 Å². The molecule has 6 nitrogen and oxygen atoms in total. The molecule has 1 aromatic carbocycles. The van der Waals surface area contributed by atoms with Crippen LogP contribution in [0, 0.1) is 13.8 Å². The molecule has 0 aliphatic carbocycles. The number of aromatic hydroxyl groups is 1. The van der Waals surface area contributed by atoms with Crippen LogP contribution in [0.25, 0.3) is 0 Å². The molecular weight excluding hydrogens is 232 g/mol. The molecule has 0 atom stereocenters. The minimum atomic E-state index is -0.186. The average molecular weight is 246 g/mol. The fraction of sp³-hybridized carbons (Fsp3) is 0.250. The zero-order valence-electron chi connectivity index (χ0n) is 10.2. The van der Waals surface area contributed by atoms with Gasteiger partial charge in [-0.05, 0) is 37.1 Å². The number of phenols is 1. The molecule has 0 saturated carbocycles. The number of nitrogens with zero attached hydrogens (tertiary/aromatic N) is 3. The van der Waals surface area contributed by atoms with Crippen molar-refractivity contribution in [3.05, 3.63) is 35.7 Å². The standard InChI is InChI=1S/C12H14N4O2/c1-8-6-11(17)9(2)5-10(8)14-12(18)7-16-4-3-13-15-16/h3-6,17H,7H2,1-2H3,(H,14,18).